The van der Waals surface area contributed by atoms with Gasteiger partial charge < -0.3 is 9.84 Å². The molecule has 0 saturated carbocycles. The smallest absolute Gasteiger partial charge is 0.416 e. The summed E-state index contributed by atoms with van der Waals surface area (Å²) in [6.07, 6.45) is 1.62. The maximum atomic E-state index is 11.9. The van der Waals surface area contributed by atoms with Crippen molar-refractivity contribution in [3.8, 4) is 0 Å². The summed E-state index contributed by atoms with van der Waals surface area (Å²) in [5, 5.41) is 9.84. The Morgan fingerprint density at radius 3 is 2.72 bits per heavy atom. The number of rotatable bonds is 1. The minimum atomic E-state index is -0.976. The van der Waals surface area contributed by atoms with Crippen molar-refractivity contribution < 1.29 is 35.1 Å². The zero-order valence-corrected chi connectivity index (χ0v) is 12.9. The summed E-state index contributed by atoms with van der Waals surface area (Å²) < 4.78 is 5.11. The van der Waals surface area contributed by atoms with E-state index < -0.39 is 12.3 Å². The number of fused-ring (bicyclic) bond motifs is 1. The van der Waals surface area contributed by atoms with Gasteiger partial charge in [-0.25, -0.2) is 9.69 Å². The van der Waals surface area contributed by atoms with Crippen LogP contribution in [-0.2, 0) is 25.2 Å². The van der Waals surface area contributed by atoms with Crippen LogP contribution in [0.3, 0.4) is 0 Å². The molecule has 1 radical (unpaired) electrons. The van der Waals surface area contributed by atoms with Gasteiger partial charge in [-0.15, -0.1) is 0 Å². The number of anilines is 1. The Morgan fingerprint density at radius 2 is 2.06 bits per heavy atom. The average molecular weight is 419 g/mol. The molecule has 1 N–H and O–H groups in total. The third kappa shape index (κ3) is 2.99. The van der Waals surface area contributed by atoms with E-state index in [4.69, 9.17) is 4.74 Å². The number of carbonyl (C=O) groups excluding carboxylic acids is 1. The number of para-hydroxylation sites is 1. The third-order valence-corrected chi connectivity index (χ3v) is 2.44. The number of carbonyl (C=O) groups is 1. The molecule has 0 bridgehead atoms. The van der Waals surface area contributed by atoms with Crippen LogP contribution in [0, 0.1) is 0 Å². The van der Waals surface area contributed by atoms with Crippen LogP contribution in [0.1, 0.15) is 19.4 Å². The number of hydrogen-bond donors (Lipinski definition) is 1. The van der Waals surface area contributed by atoms with E-state index in [1.165, 1.54) is 4.90 Å². The maximum Gasteiger partial charge on any atom is 0.416 e. The van der Waals surface area contributed by atoms with E-state index in [9.17, 15) is 9.90 Å². The minimum Gasteiger partial charge on any atom is -0.446 e. The molecule has 0 spiro atoms. The quantitative estimate of drug-likeness (QED) is 0.761. The first-order valence-corrected chi connectivity index (χ1v) is 5.54. The van der Waals surface area contributed by atoms with Gasteiger partial charge in [0.2, 0.25) is 0 Å². The molecular formula is C13H15NO3Re. The molecule has 97 valence electrons. The van der Waals surface area contributed by atoms with E-state index in [0.717, 1.165) is 5.56 Å². The monoisotopic (exact) mass is 420 g/mol. The molecule has 1 amide bonds. The first-order chi connectivity index (χ1) is 8.09. The van der Waals surface area contributed by atoms with Crippen molar-refractivity contribution in [2.45, 2.75) is 26.2 Å². The van der Waals surface area contributed by atoms with Gasteiger partial charge in [-0.1, -0.05) is 24.3 Å². The Kier molecular flexibility index (Phi) is 5.09. The van der Waals surface area contributed by atoms with Crippen molar-refractivity contribution in [1.29, 1.82) is 0 Å². The van der Waals surface area contributed by atoms with Crippen LogP contribution in [0.15, 0.2) is 30.3 Å². The second kappa shape index (κ2) is 6.15. The summed E-state index contributed by atoms with van der Waals surface area (Å²) in [6.45, 7) is 3.55. The van der Waals surface area contributed by atoms with Gasteiger partial charge in [0.15, 0.2) is 6.23 Å². The van der Waals surface area contributed by atoms with Gasteiger partial charge in [0.05, 0.1) is 11.8 Å². The number of aliphatic hydroxyl groups is 1. The van der Waals surface area contributed by atoms with Crippen LogP contribution < -0.4 is 4.90 Å². The van der Waals surface area contributed by atoms with Crippen LogP contribution >= 0.6 is 0 Å². The van der Waals surface area contributed by atoms with Gasteiger partial charge in [0, 0.05) is 20.4 Å². The van der Waals surface area contributed by atoms with Crippen LogP contribution in [0.25, 0.3) is 6.08 Å². The molecule has 18 heavy (non-hydrogen) atoms. The molecular weight excluding hydrogens is 404 g/mol. The Labute approximate surface area is 120 Å². The number of hydrogen-bond acceptors (Lipinski definition) is 3. The van der Waals surface area contributed by atoms with Crippen molar-refractivity contribution in [3.63, 3.8) is 0 Å². The zero-order valence-electron chi connectivity index (χ0n) is 10.2. The van der Waals surface area contributed by atoms with Gasteiger partial charge in [0.25, 0.3) is 0 Å². The summed E-state index contributed by atoms with van der Waals surface area (Å²) in [6, 6.07) is 7.37. The van der Waals surface area contributed by atoms with Crippen molar-refractivity contribution in [2.24, 2.45) is 0 Å². The van der Waals surface area contributed by atoms with Crippen LogP contribution in [-0.4, -0.2) is 23.5 Å². The molecule has 1 unspecified atom stereocenters. The molecule has 1 aliphatic rings. The Hall–Kier alpha value is -1.15. The predicted octanol–water partition coefficient (Wildman–Crippen LogP) is 2.38. The van der Waals surface area contributed by atoms with Gasteiger partial charge in [0.1, 0.15) is 0 Å². The summed E-state index contributed by atoms with van der Waals surface area (Å²) in [5.74, 6) is 0. The molecule has 0 fully saturated rings. The van der Waals surface area contributed by atoms with E-state index in [2.05, 4.69) is 0 Å². The van der Waals surface area contributed by atoms with Crippen LogP contribution in [0.4, 0.5) is 10.5 Å². The van der Waals surface area contributed by atoms with E-state index in [1.54, 1.807) is 32.1 Å². The number of benzene rings is 1. The molecule has 5 heteroatoms. The SMILES string of the molecule is CC(C)OC(=O)N1c2ccccc2C=CC1O.[Re]. The molecule has 1 aromatic rings. The van der Waals surface area contributed by atoms with E-state index in [1.807, 2.05) is 18.2 Å². The summed E-state index contributed by atoms with van der Waals surface area (Å²) >= 11 is 0. The molecule has 1 aliphatic heterocycles. The first-order valence-electron chi connectivity index (χ1n) is 5.54. The zero-order chi connectivity index (χ0) is 12.4. The summed E-state index contributed by atoms with van der Waals surface area (Å²) in [4.78, 5) is 13.1. The van der Waals surface area contributed by atoms with Gasteiger partial charge in [-0.05, 0) is 31.6 Å². The summed E-state index contributed by atoms with van der Waals surface area (Å²) in [5.41, 5.74) is 1.55. The Balaban J connectivity index is 0.00000162. The normalized spacial score (nSPS) is 17.1. The Morgan fingerprint density at radius 1 is 1.39 bits per heavy atom. The number of nitrogens with zero attached hydrogens (tertiary/aromatic N) is 1. The van der Waals surface area contributed by atoms with Crippen LogP contribution in [0.2, 0.25) is 0 Å². The average Bonchev–Trinajstić information content (AvgIpc) is 2.27. The maximum absolute atomic E-state index is 11.9. The van der Waals surface area contributed by atoms with Gasteiger partial charge in [-0.3, -0.25) is 0 Å². The van der Waals surface area contributed by atoms with Crippen LogP contribution in [0.5, 0.6) is 0 Å². The third-order valence-electron chi connectivity index (χ3n) is 2.44. The molecule has 1 aromatic carbocycles. The number of aliphatic hydroxyl groups excluding tert-OH is 1. The van der Waals surface area contributed by atoms with Crippen molar-refractivity contribution >= 4 is 17.9 Å². The fraction of sp³-hybridized carbons (Fsp3) is 0.308. The largest absolute Gasteiger partial charge is 0.446 e. The van der Waals surface area contributed by atoms with Crippen molar-refractivity contribution in [2.75, 3.05) is 4.90 Å². The van der Waals surface area contributed by atoms with Gasteiger partial charge in [-0.2, -0.15) is 0 Å². The molecule has 2 rings (SSSR count). The molecule has 0 saturated heterocycles. The second-order valence-electron chi connectivity index (χ2n) is 4.13. The van der Waals surface area contributed by atoms with Gasteiger partial charge >= 0.3 is 6.09 Å². The molecule has 1 heterocycles. The predicted molar refractivity (Wildman–Crippen MR) is 65.6 cm³/mol. The van der Waals surface area contributed by atoms with E-state index in [-0.39, 0.29) is 26.5 Å². The Bertz CT molecular complexity index is 459. The van der Waals surface area contributed by atoms with E-state index >= 15 is 0 Å². The first kappa shape index (κ1) is 14.9. The van der Waals surface area contributed by atoms with E-state index in [0.29, 0.717) is 5.69 Å². The number of amides is 1. The molecule has 4 nitrogen and oxygen atoms in total. The van der Waals surface area contributed by atoms with Crippen molar-refractivity contribution in [1.82, 2.24) is 0 Å². The topological polar surface area (TPSA) is 49.8 Å². The molecule has 0 aliphatic carbocycles. The minimum absolute atomic E-state index is 0. The molecule has 1 atom stereocenters. The number of ether oxygens (including phenoxy) is 1. The molecule has 0 aromatic heterocycles. The summed E-state index contributed by atoms with van der Waals surface area (Å²) in [7, 11) is 0. The standard InChI is InChI=1S/C13H15NO3.Re/c1-9(2)17-13(16)14-11-6-4-3-5-10(11)7-8-12(14)15;/h3-9,12,15H,1-2H3;. The fourth-order valence-electron chi connectivity index (χ4n) is 1.73. The fourth-order valence-corrected chi connectivity index (χ4v) is 1.73. The second-order valence-corrected chi connectivity index (χ2v) is 4.13. The van der Waals surface area contributed by atoms with Crippen molar-refractivity contribution in [3.05, 3.63) is 35.9 Å².